The van der Waals surface area contributed by atoms with E-state index in [1.165, 1.54) is 30.3 Å². The van der Waals surface area contributed by atoms with E-state index in [4.69, 9.17) is 25.8 Å². The highest BCUT2D eigenvalue weighted by Crippen LogP contribution is 2.41. The van der Waals surface area contributed by atoms with Crippen molar-refractivity contribution in [2.45, 2.75) is 71.5 Å². The Balaban J connectivity index is 0.000000184. The second kappa shape index (κ2) is 12.9. The monoisotopic (exact) mass is 656 g/mol. The summed E-state index contributed by atoms with van der Waals surface area (Å²) in [6, 6.07) is 9.94. The maximum absolute atomic E-state index is 14.3. The molecular weight excluding hydrogens is 624 g/mol. The number of fused-ring (bicyclic) bond motifs is 2. The zero-order valence-corrected chi connectivity index (χ0v) is 26.8. The summed E-state index contributed by atoms with van der Waals surface area (Å²) in [6.45, 7) is 9.67. The van der Waals surface area contributed by atoms with Gasteiger partial charge in [0.05, 0.1) is 6.61 Å². The quantitative estimate of drug-likeness (QED) is 0.124. The lowest BCUT2D eigenvalue weighted by Crippen LogP contribution is -2.33. The Kier molecular flexibility index (Phi) is 9.31. The number of halogens is 5. The number of nitrogens with zero attached hydrogens (tertiary/aromatic N) is 2. The van der Waals surface area contributed by atoms with Gasteiger partial charge in [-0.25, -0.2) is 32.3 Å². The summed E-state index contributed by atoms with van der Waals surface area (Å²) in [6.07, 6.45) is 2.83. The lowest BCUT2D eigenvalue weighted by atomic mass is 9.90. The summed E-state index contributed by atoms with van der Waals surface area (Å²) in [5, 5.41) is 0.227. The van der Waals surface area contributed by atoms with Crippen LogP contribution in [-0.2, 0) is 17.6 Å². The van der Waals surface area contributed by atoms with Crippen molar-refractivity contribution >= 4 is 17.6 Å². The Labute approximate surface area is 269 Å². The lowest BCUT2D eigenvalue weighted by molar-refractivity contribution is 0.0507. The average Bonchev–Trinajstić information content (AvgIpc) is 2.95. The first kappa shape index (κ1) is 33.2. The van der Waals surface area contributed by atoms with E-state index in [-0.39, 0.29) is 28.6 Å². The molecule has 0 atom stereocenters. The molecule has 0 bridgehead atoms. The largest absolute Gasteiger partial charge is 0.471 e. The van der Waals surface area contributed by atoms with Crippen LogP contribution in [0.2, 0.25) is 5.15 Å². The first-order chi connectivity index (χ1) is 21.7. The maximum atomic E-state index is 14.3. The summed E-state index contributed by atoms with van der Waals surface area (Å²) < 4.78 is 71.4. The van der Waals surface area contributed by atoms with Crippen LogP contribution in [0.3, 0.4) is 0 Å². The Morgan fingerprint density at radius 1 is 0.761 bits per heavy atom. The molecule has 0 amide bonds. The van der Waals surface area contributed by atoms with Crippen LogP contribution in [0.4, 0.5) is 17.6 Å². The highest BCUT2D eigenvalue weighted by Gasteiger charge is 2.32. The Morgan fingerprint density at radius 3 is 1.72 bits per heavy atom. The van der Waals surface area contributed by atoms with Gasteiger partial charge in [0.2, 0.25) is 11.8 Å². The number of ether oxygens (including phenoxy) is 3. The van der Waals surface area contributed by atoms with Crippen molar-refractivity contribution in [3.05, 3.63) is 93.8 Å². The third-order valence-corrected chi connectivity index (χ3v) is 7.96. The topological polar surface area (TPSA) is 70.5 Å². The number of carbonyl (C=O) groups excluding carboxylic acids is 1. The molecule has 46 heavy (non-hydrogen) atoms. The van der Waals surface area contributed by atoms with Gasteiger partial charge in [0, 0.05) is 34.4 Å². The normalized spacial score (nSPS) is 15.7. The van der Waals surface area contributed by atoms with Gasteiger partial charge in [-0.05, 0) is 108 Å². The first-order valence-corrected chi connectivity index (χ1v) is 15.2. The summed E-state index contributed by atoms with van der Waals surface area (Å²) in [5.74, 6) is -2.48. The van der Waals surface area contributed by atoms with Crippen LogP contribution in [0.1, 0.15) is 69.1 Å². The number of esters is 1. The van der Waals surface area contributed by atoms with Crippen molar-refractivity contribution < 1.29 is 36.6 Å². The van der Waals surface area contributed by atoms with Crippen molar-refractivity contribution in [3.8, 4) is 34.0 Å². The summed E-state index contributed by atoms with van der Waals surface area (Å²) >= 11 is 6.02. The second-order valence-corrected chi connectivity index (χ2v) is 12.7. The minimum Gasteiger partial charge on any atom is -0.471 e. The molecule has 2 aromatic heterocycles. The fourth-order valence-electron chi connectivity index (χ4n) is 5.40. The smallest absolute Gasteiger partial charge is 0.357 e. The van der Waals surface area contributed by atoms with Gasteiger partial charge in [-0.3, -0.25) is 0 Å². The number of benzene rings is 2. The van der Waals surface area contributed by atoms with Gasteiger partial charge in [0.1, 0.15) is 39.6 Å². The van der Waals surface area contributed by atoms with E-state index in [2.05, 4.69) is 9.97 Å². The van der Waals surface area contributed by atoms with Crippen LogP contribution < -0.4 is 9.47 Å². The van der Waals surface area contributed by atoms with Crippen LogP contribution in [0.5, 0.6) is 11.8 Å². The molecule has 2 aliphatic rings. The van der Waals surface area contributed by atoms with E-state index in [0.717, 1.165) is 30.5 Å². The first-order valence-electron chi connectivity index (χ1n) is 14.9. The Morgan fingerprint density at radius 2 is 1.24 bits per heavy atom. The zero-order chi connectivity index (χ0) is 33.4. The van der Waals surface area contributed by atoms with Gasteiger partial charge in [-0.15, -0.1) is 0 Å². The molecule has 6 rings (SSSR count). The standard InChI is InChI=1S/C19H19F2NO3.C16H14ClF2NO/c1-4-24-18(23)16-10-14(12-6-5-11(20)9-15(12)21)13-7-8-19(2,3)25-17(13)22-16;1-16(2)6-5-11-12(8-14(17)20-15(11)21-16)10-4-3-9(18)7-13(10)19/h5-6,9-10H,4,7-8H2,1-3H3;3-4,7-8H,5-6H2,1-2H3. The van der Waals surface area contributed by atoms with Crippen molar-refractivity contribution in [2.75, 3.05) is 6.61 Å². The summed E-state index contributed by atoms with van der Waals surface area (Å²) in [4.78, 5) is 20.6. The molecule has 0 N–H and O–H groups in total. The zero-order valence-electron chi connectivity index (χ0n) is 26.1. The molecule has 0 spiro atoms. The molecule has 0 unspecified atom stereocenters. The van der Waals surface area contributed by atoms with E-state index < -0.39 is 34.8 Å². The molecule has 0 fully saturated rings. The van der Waals surface area contributed by atoms with Crippen LogP contribution in [-0.4, -0.2) is 33.7 Å². The Bertz CT molecular complexity index is 1810. The van der Waals surface area contributed by atoms with Crippen molar-refractivity contribution in [1.82, 2.24) is 9.97 Å². The van der Waals surface area contributed by atoms with E-state index >= 15 is 0 Å². The van der Waals surface area contributed by atoms with Crippen LogP contribution in [0.15, 0.2) is 48.5 Å². The van der Waals surface area contributed by atoms with Crippen molar-refractivity contribution in [3.63, 3.8) is 0 Å². The summed E-state index contributed by atoms with van der Waals surface area (Å²) in [7, 11) is 0. The van der Waals surface area contributed by atoms with E-state index in [1.807, 2.05) is 27.7 Å². The van der Waals surface area contributed by atoms with Gasteiger partial charge < -0.3 is 14.2 Å². The molecule has 0 saturated carbocycles. The fourth-order valence-corrected chi connectivity index (χ4v) is 5.59. The van der Waals surface area contributed by atoms with E-state index in [0.29, 0.717) is 46.9 Å². The fraction of sp³-hybridized carbons (Fsp3) is 0.343. The minimum absolute atomic E-state index is 0.0389. The highest BCUT2D eigenvalue weighted by molar-refractivity contribution is 6.29. The molecule has 2 aliphatic heterocycles. The number of hydrogen-bond donors (Lipinski definition) is 0. The van der Waals surface area contributed by atoms with Crippen molar-refractivity contribution in [2.24, 2.45) is 0 Å². The number of rotatable bonds is 4. The van der Waals surface area contributed by atoms with Crippen molar-refractivity contribution in [1.29, 1.82) is 0 Å². The van der Waals surface area contributed by atoms with Gasteiger partial charge in [-0.1, -0.05) is 11.6 Å². The molecule has 2 aromatic carbocycles. The van der Waals surface area contributed by atoms with Gasteiger partial charge in [0.15, 0.2) is 5.69 Å². The molecule has 0 radical (unpaired) electrons. The molecular formula is C35H33ClF4N2O4. The third kappa shape index (κ3) is 7.28. The van der Waals surface area contributed by atoms with Crippen LogP contribution in [0.25, 0.3) is 22.3 Å². The second-order valence-electron chi connectivity index (χ2n) is 12.3. The van der Waals surface area contributed by atoms with Crippen LogP contribution >= 0.6 is 11.6 Å². The Hall–Kier alpha value is -4.18. The van der Waals surface area contributed by atoms with Gasteiger partial charge in [-0.2, -0.15) is 0 Å². The van der Waals surface area contributed by atoms with Gasteiger partial charge in [0.25, 0.3) is 0 Å². The third-order valence-electron chi connectivity index (χ3n) is 7.77. The molecule has 0 aliphatic carbocycles. The predicted octanol–water partition coefficient (Wildman–Crippen LogP) is 9.09. The van der Waals surface area contributed by atoms with Crippen LogP contribution in [0, 0.1) is 23.3 Å². The minimum atomic E-state index is -0.701. The molecule has 6 nitrogen and oxygen atoms in total. The number of aromatic nitrogens is 2. The van der Waals surface area contributed by atoms with E-state index in [1.54, 1.807) is 13.0 Å². The predicted molar refractivity (Wildman–Crippen MR) is 166 cm³/mol. The van der Waals surface area contributed by atoms with E-state index in [9.17, 15) is 22.4 Å². The number of carbonyl (C=O) groups is 1. The van der Waals surface area contributed by atoms with Gasteiger partial charge >= 0.3 is 5.97 Å². The average molecular weight is 657 g/mol. The lowest BCUT2D eigenvalue weighted by Gasteiger charge is -2.32. The summed E-state index contributed by atoms with van der Waals surface area (Å²) in [5.41, 5.74) is 2.38. The molecule has 242 valence electrons. The number of hydrogen-bond acceptors (Lipinski definition) is 6. The number of pyridine rings is 2. The molecule has 4 heterocycles. The molecule has 4 aromatic rings. The molecule has 11 heteroatoms. The molecule has 0 saturated heterocycles. The SMILES string of the molecule is CC1(C)CCc2c(-c3ccc(F)cc3F)cc(Cl)nc2O1.CCOC(=O)c1cc(-c2ccc(F)cc2F)c2c(n1)OC(C)(C)CC2. The highest BCUT2D eigenvalue weighted by atomic mass is 35.5. The maximum Gasteiger partial charge on any atom is 0.357 e.